The van der Waals surface area contributed by atoms with Crippen molar-refractivity contribution in [1.29, 1.82) is 0 Å². The number of rotatable bonds is 2. The minimum absolute atomic E-state index is 0.0695. The fraction of sp³-hybridized carbons (Fsp3) is 0.444. The lowest BCUT2D eigenvalue weighted by Crippen LogP contribution is -2.09. The van der Waals surface area contributed by atoms with Crippen LogP contribution < -0.4 is 0 Å². The third-order valence-electron chi connectivity index (χ3n) is 1.89. The number of aromatic nitrogens is 3. The van der Waals surface area contributed by atoms with Gasteiger partial charge in [-0.15, -0.1) is 0 Å². The van der Waals surface area contributed by atoms with Crippen molar-refractivity contribution in [2.45, 2.75) is 26.4 Å². The highest BCUT2D eigenvalue weighted by atomic mass is 19.1. The number of hydrogen-bond donors (Lipinski definition) is 0. The van der Waals surface area contributed by atoms with Crippen LogP contribution in [-0.4, -0.2) is 15.1 Å². The molecular formula is C9H10FN3O2. The maximum absolute atomic E-state index is 13.4. The summed E-state index contributed by atoms with van der Waals surface area (Å²) < 4.78 is 23.2. The Bertz CT molecular complexity index is 470. The van der Waals surface area contributed by atoms with Crippen molar-refractivity contribution in [3.8, 4) is 11.5 Å². The molecule has 0 aromatic carbocycles. The van der Waals surface area contributed by atoms with Gasteiger partial charge in [0.1, 0.15) is 5.76 Å². The second-order valence-corrected chi connectivity index (χ2v) is 3.65. The Kier molecular flexibility index (Phi) is 2.06. The summed E-state index contributed by atoms with van der Waals surface area (Å²) in [6.07, 6.45) is 1.28. The van der Waals surface area contributed by atoms with Gasteiger partial charge in [0.05, 0.1) is 0 Å². The average Bonchev–Trinajstić information content (AvgIpc) is 2.69. The summed E-state index contributed by atoms with van der Waals surface area (Å²) in [4.78, 5) is 7.82. The van der Waals surface area contributed by atoms with Crippen molar-refractivity contribution in [2.75, 3.05) is 0 Å². The standard InChI is InChI=1S/C9H10FN3O2/c1-5-6(11-4-14-5)7-12-8(15-13-7)9(2,3)10/h4H,1-3H3. The average molecular weight is 211 g/mol. The van der Waals surface area contributed by atoms with E-state index >= 15 is 0 Å². The Hall–Kier alpha value is -1.72. The second kappa shape index (κ2) is 3.15. The van der Waals surface area contributed by atoms with Crippen molar-refractivity contribution >= 4 is 0 Å². The zero-order chi connectivity index (χ0) is 11.1. The number of nitrogens with zero attached hydrogens (tertiary/aromatic N) is 3. The van der Waals surface area contributed by atoms with Gasteiger partial charge in [-0.2, -0.15) is 4.98 Å². The summed E-state index contributed by atoms with van der Waals surface area (Å²) in [6, 6.07) is 0. The van der Waals surface area contributed by atoms with Gasteiger partial charge in [-0.3, -0.25) is 0 Å². The number of halogens is 1. The van der Waals surface area contributed by atoms with Crippen molar-refractivity contribution < 1.29 is 13.3 Å². The zero-order valence-electron chi connectivity index (χ0n) is 8.61. The van der Waals surface area contributed by atoms with Crippen LogP contribution in [0.3, 0.4) is 0 Å². The van der Waals surface area contributed by atoms with Crippen LogP contribution in [0.5, 0.6) is 0 Å². The summed E-state index contributed by atoms with van der Waals surface area (Å²) in [5.74, 6) is 0.737. The molecular weight excluding hydrogens is 201 g/mol. The maximum Gasteiger partial charge on any atom is 0.264 e. The molecule has 0 radical (unpaired) electrons. The van der Waals surface area contributed by atoms with Gasteiger partial charge in [-0.05, 0) is 20.8 Å². The largest absolute Gasteiger partial charge is 0.448 e. The van der Waals surface area contributed by atoms with E-state index < -0.39 is 5.67 Å². The van der Waals surface area contributed by atoms with Crippen molar-refractivity contribution in [2.24, 2.45) is 0 Å². The van der Waals surface area contributed by atoms with Gasteiger partial charge >= 0.3 is 0 Å². The maximum atomic E-state index is 13.4. The van der Waals surface area contributed by atoms with Crippen LogP contribution in [0.1, 0.15) is 25.5 Å². The van der Waals surface area contributed by atoms with Gasteiger partial charge in [0.2, 0.25) is 5.82 Å². The molecule has 0 bridgehead atoms. The molecule has 0 saturated carbocycles. The lowest BCUT2D eigenvalue weighted by molar-refractivity contribution is 0.155. The van der Waals surface area contributed by atoms with Crippen LogP contribution in [-0.2, 0) is 5.67 Å². The monoisotopic (exact) mass is 211 g/mol. The Morgan fingerprint density at radius 1 is 1.40 bits per heavy atom. The molecule has 2 aromatic heterocycles. The Balaban J connectivity index is 2.41. The van der Waals surface area contributed by atoms with Gasteiger partial charge in [0.15, 0.2) is 17.8 Å². The van der Waals surface area contributed by atoms with Crippen molar-refractivity contribution in [3.05, 3.63) is 18.0 Å². The van der Waals surface area contributed by atoms with Crippen LogP contribution in [0.4, 0.5) is 4.39 Å². The minimum atomic E-state index is -1.65. The molecule has 15 heavy (non-hydrogen) atoms. The van der Waals surface area contributed by atoms with Gasteiger partial charge in [0.25, 0.3) is 5.89 Å². The van der Waals surface area contributed by atoms with Gasteiger partial charge in [-0.1, -0.05) is 5.16 Å². The molecule has 0 N–H and O–H groups in total. The molecule has 0 spiro atoms. The molecule has 0 aliphatic carbocycles. The first-order valence-corrected chi connectivity index (χ1v) is 4.42. The molecule has 0 unspecified atom stereocenters. The predicted molar refractivity (Wildman–Crippen MR) is 48.7 cm³/mol. The zero-order valence-corrected chi connectivity index (χ0v) is 8.61. The van der Waals surface area contributed by atoms with E-state index in [0.29, 0.717) is 11.5 Å². The Labute approximate surface area is 85.3 Å². The molecule has 80 valence electrons. The van der Waals surface area contributed by atoms with Crippen molar-refractivity contribution in [1.82, 2.24) is 15.1 Å². The van der Waals surface area contributed by atoms with E-state index in [0.717, 1.165) is 0 Å². The first-order chi connectivity index (χ1) is 6.98. The van der Waals surface area contributed by atoms with Crippen LogP contribution in [0.15, 0.2) is 15.3 Å². The van der Waals surface area contributed by atoms with E-state index in [2.05, 4.69) is 15.1 Å². The van der Waals surface area contributed by atoms with Crippen LogP contribution in [0.2, 0.25) is 0 Å². The summed E-state index contributed by atoms with van der Waals surface area (Å²) in [6.45, 7) is 4.42. The third kappa shape index (κ3) is 1.74. The van der Waals surface area contributed by atoms with Crippen LogP contribution in [0.25, 0.3) is 11.5 Å². The lowest BCUT2D eigenvalue weighted by Gasteiger charge is -2.05. The molecule has 5 nitrogen and oxygen atoms in total. The molecule has 0 fully saturated rings. The highest BCUT2D eigenvalue weighted by Crippen LogP contribution is 2.25. The molecule has 2 rings (SSSR count). The van der Waals surface area contributed by atoms with E-state index in [9.17, 15) is 4.39 Å². The van der Waals surface area contributed by atoms with E-state index in [1.165, 1.54) is 20.2 Å². The molecule has 2 heterocycles. The minimum Gasteiger partial charge on any atom is -0.448 e. The summed E-state index contributed by atoms with van der Waals surface area (Å²) in [5.41, 5.74) is -1.18. The van der Waals surface area contributed by atoms with Crippen LogP contribution in [0, 0.1) is 6.92 Å². The Morgan fingerprint density at radius 3 is 2.60 bits per heavy atom. The third-order valence-corrected chi connectivity index (χ3v) is 1.89. The van der Waals surface area contributed by atoms with Crippen LogP contribution >= 0.6 is 0 Å². The van der Waals surface area contributed by atoms with E-state index in [4.69, 9.17) is 8.94 Å². The topological polar surface area (TPSA) is 65.0 Å². The summed E-state index contributed by atoms with van der Waals surface area (Å²) in [7, 11) is 0. The second-order valence-electron chi connectivity index (χ2n) is 3.65. The van der Waals surface area contributed by atoms with E-state index in [1.807, 2.05) is 0 Å². The quantitative estimate of drug-likeness (QED) is 0.762. The predicted octanol–water partition coefficient (Wildman–Crippen LogP) is 2.24. The van der Waals surface area contributed by atoms with E-state index in [1.54, 1.807) is 6.92 Å². The van der Waals surface area contributed by atoms with E-state index in [-0.39, 0.29) is 11.7 Å². The molecule has 0 saturated heterocycles. The fourth-order valence-corrected chi connectivity index (χ4v) is 1.08. The molecule has 2 aromatic rings. The first-order valence-electron chi connectivity index (χ1n) is 4.42. The molecule has 6 heteroatoms. The molecule has 0 amide bonds. The number of hydrogen-bond acceptors (Lipinski definition) is 5. The molecule has 0 aliphatic rings. The first kappa shape index (κ1) is 9.82. The Morgan fingerprint density at radius 2 is 2.13 bits per heavy atom. The highest BCUT2D eigenvalue weighted by molar-refractivity contribution is 5.49. The number of oxazole rings is 1. The SMILES string of the molecule is Cc1ocnc1-c1noc(C(C)(C)F)n1. The number of aryl methyl sites for hydroxylation is 1. The van der Waals surface area contributed by atoms with Crippen molar-refractivity contribution in [3.63, 3.8) is 0 Å². The van der Waals surface area contributed by atoms with Gasteiger partial charge < -0.3 is 8.94 Å². The number of alkyl halides is 1. The normalized spacial score (nSPS) is 12.0. The summed E-state index contributed by atoms with van der Waals surface area (Å²) >= 11 is 0. The lowest BCUT2D eigenvalue weighted by atomic mass is 10.2. The van der Waals surface area contributed by atoms with Gasteiger partial charge in [0, 0.05) is 0 Å². The highest BCUT2D eigenvalue weighted by Gasteiger charge is 2.27. The molecule has 0 atom stereocenters. The fourth-order valence-electron chi connectivity index (χ4n) is 1.08. The summed E-state index contributed by atoms with van der Waals surface area (Å²) in [5, 5.41) is 3.64. The molecule has 0 aliphatic heterocycles. The van der Waals surface area contributed by atoms with Gasteiger partial charge in [-0.25, -0.2) is 9.37 Å². The smallest absolute Gasteiger partial charge is 0.264 e.